The molecule has 2 atom stereocenters. The number of carbonyl (C=O) groups excluding carboxylic acids is 2. The molecule has 2 aromatic rings. The van der Waals surface area contributed by atoms with Crippen LogP contribution in [0.4, 0.5) is 4.79 Å². The van der Waals surface area contributed by atoms with Crippen molar-refractivity contribution in [2.45, 2.75) is 39.7 Å². The molecule has 32 heavy (non-hydrogen) atoms. The van der Waals surface area contributed by atoms with Crippen LogP contribution in [0.25, 0.3) is 11.1 Å². The van der Waals surface area contributed by atoms with E-state index in [1.54, 1.807) is 18.2 Å². The molecule has 0 spiro atoms. The van der Waals surface area contributed by atoms with Crippen molar-refractivity contribution in [1.82, 2.24) is 10.2 Å². The highest BCUT2D eigenvalue weighted by atomic mass is 32.2. The van der Waals surface area contributed by atoms with Crippen LogP contribution in [-0.2, 0) is 4.79 Å². The smallest absolute Gasteiger partial charge is 0.327 e. The largest absolute Gasteiger partial charge is 0.480 e. The number of thioether (sulfide) groups is 1. The van der Waals surface area contributed by atoms with Gasteiger partial charge >= 0.3 is 12.0 Å². The van der Waals surface area contributed by atoms with Crippen LogP contribution in [-0.4, -0.2) is 52.0 Å². The Balaban J connectivity index is 2.14. The fraction of sp³-hybridized carbons (Fsp3) is 0.400. The van der Waals surface area contributed by atoms with Crippen molar-refractivity contribution in [3.05, 3.63) is 60.2 Å². The summed E-state index contributed by atoms with van der Waals surface area (Å²) in [5.74, 6) is -0.00739. The van der Waals surface area contributed by atoms with Crippen LogP contribution in [0, 0.1) is 5.92 Å². The number of hydrogen-bond acceptors (Lipinski definition) is 4. The molecule has 0 aromatic heterocycles. The number of rotatable bonds is 11. The number of nitrogens with zero attached hydrogens (tertiary/aromatic N) is 1. The fourth-order valence-electron chi connectivity index (χ4n) is 3.04. The zero-order chi connectivity index (χ0) is 23.5. The van der Waals surface area contributed by atoms with Gasteiger partial charge in [-0.25, -0.2) is 9.59 Å². The Labute approximate surface area is 194 Å². The van der Waals surface area contributed by atoms with Crippen LogP contribution in [0.2, 0.25) is 0 Å². The highest BCUT2D eigenvalue weighted by Crippen LogP contribution is 2.21. The maximum atomic E-state index is 13.2. The van der Waals surface area contributed by atoms with Gasteiger partial charge in [0.2, 0.25) is 0 Å². The van der Waals surface area contributed by atoms with Gasteiger partial charge in [-0.3, -0.25) is 9.69 Å². The van der Waals surface area contributed by atoms with E-state index in [2.05, 4.69) is 19.2 Å². The Hall–Kier alpha value is -2.80. The van der Waals surface area contributed by atoms with Gasteiger partial charge in [-0.05, 0) is 41.4 Å². The first kappa shape index (κ1) is 25.5. The van der Waals surface area contributed by atoms with Gasteiger partial charge in [-0.2, -0.15) is 11.8 Å². The minimum absolute atomic E-state index is 0.201. The summed E-state index contributed by atoms with van der Waals surface area (Å²) < 4.78 is 0. The van der Waals surface area contributed by atoms with Gasteiger partial charge in [0.1, 0.15) is 6.04 Å². The normalized spacial score (nSPS) is 12.6. The molecule has 0 aliphatic heterocycles. The van der Waals surface area contributed by atoms with Gasteiger partial charge in [-0.15, -0.1) is 0 Å². The Morgan fingerprint density at radius 3 is 2.31 bits per heavy atom. The molecule has 0 aliphatic rings. The van der Waals surface area contributed by atoms with Crippen molar-refractivity contribution in [3.63, 3.8) is 0 Å². The van der Waals surface area contributed by atoms with Crippen molar-refractivity contribution in [3.8, 4) is 11.1 Å². The summed E-state index contributed by atoms with van der Waals surface area (Å²) in [6.07, 6.45) is 1.58. The lowest BCUT2D eigenvalue weighted by Gasteiger charge is -2.24. The molecule has 0 aliphatic carbocycles. The van der Waals surface area contributed by atoms with E-state index in [-0.39, 0.29) is 12.3 Å². The van der Waals surface area contributed by atoms with Crippen LogP contribution >= 0.6 is 11.8 Å². The summed E-state index contributed by atoms with van der Waals surface area (Å²) in [6.45, 7) is 6.26. The second-order valence-corrected chi connectivity index (χ2v) is 8.87. The van der Waals surface area contributed by atoms with Crippen molar-refractivity contribution in [2.24, 2.45) is 5.92 Å². The van der Waals surface area contributed by atoms with E-state index in [4.69, 9.17) is 0 Å². The molecule has 172 valence electrons. The van der Waals surface area contributed by atoms with Gasteiger partial charge < -0.3 is 10.4 Å². The average molecular weight is 457 g/mol. The van der Waals surface area contributed by atoms with E-state index in [0.717, 1.165) is 28.2 Å². The standard InChI is InChI=1S/C25H32N2O4S/c1-4-14-27(25(31)26-22(24(29)30)17-32-16-18(3)5-2)23(28)21-13-9-12-20(15-21)19-10-7-6-8-11-19/h6-13,15,18,22H,4-5,14,16-17H2,1-3H3,(H,26,31)(H,29,30)/t18?,22-/m0/s1. The van der Waals surface area contributed by atoms with Crippen LogP contribution < -0.4 is 5.32 Å². The van der Waals surface area contributed by atoms with Crippen LogP contribution in [0.3, 0.4) is 0 Å². The first-order valence-corrected chi connectivity index (χ1v) is 12.1. The van der Waals surface area contributed by atoms with E-state index >= 15 is 0 Å². The number of imide groups is 1. The minimum Gasteiger partial charge on any atom is -0.480 e. The van der Waals surface area contributed by atoms with E-state index < -0.39 is 23.9 Å². The maximum Gasteiger partial charge on any atom is 0.327 e. The highest BCUT2D eigenvalue weighted by Gasteiger charge is 2.27. The van der Waals surface area contributed by atoms with Crippen molar-refractivity contribution >= 4 is 29.7 Å². The Kier molecular flexibility index (Phi) is 10.3. The molecule has 0 radical (unpaired) electrons. The number of carboxylic acid groups (broad SMARTS) is 1. The third kappa shape index (κ3) is 7.41. The average Bonchev–Trinajstić information content (AvgIpc) is 2.81. The SMILES string of the molecule is CCCN(C(=O)N[C@@H](CSCC(C)CC)C(=O)O)C(=O)c1cccc(-c2ccccc2)c1. The molecule has 3 amide bonds. The Morgan fingerprint density at radius 2 is 1.69 bits per heavy atom. The first-order chi connectivity index (χ1) is 15.4. The number of amides is 3. The van der Waals surface area contributed by atoms with Crippen molar-refractivity contribution in [1.29, 1.82) is 0 Å². The lowest BCUT2D eigenvalue weighted by atomic mass is 10.0. The molecule has 1 unspecified atom stereocenters. The molecule has 2 aromatic carbocycles. The van der Waals surface area contributed by atoms with Gasteiger partial charge in [-0.1, -0.05) is 69.7 Å². The summed E-state index contributed by atoms with van der Waals surface area (Å²) in [5, 5.41) is 12.1. The van der Waals surface area contributed by atoms with E-state index in [0.29, 0.717) is 17.9 Å². The molecule has 0 heterocycles. The van der Waals surface area contributed by atoms with Gasteiger partial charge in [0.25, 0.3) is 5.91 Å². The van der Waals surface area contributed by atoms with Gasteiger partial charge in [0.05, 0.1) is 0 Å². The van der Waals surface area contributed by atoms with Crippen molar-refractivity contribution in [2.75, 3.05) is 18.1 Å². The first-order valence-electron chi connectivity index (χ1n) is 11.0. The summed E-state index contributed by atoms with van der Waals surface area (Å²) in [5.41, 5.74) is 2.23. The predicted octanol–water partition coefficient (Wildman–Crippen LogP) is 5.15. The zero-order valence-corrected chi connectivity index (χ0v) is 19.7. The molecule has 0 fully saturated rings. The number of nitrogens with one attached hydrogen (secondary N) is 1. The monoisotopic (exact) mass is 456 g/mol. The fourth-order valence-corrected chi connectivity index (χ4v) is 4.28. The summed E-state index contributed by atoms with van der Waals surface area (Å²) in [6, 6.07) is 15.0. The van der Waals surface area contributed by atoms with Crippen molar-refractivity contribution < 1.29 is 19.5 Å². The molecule has 6 nitrogen and oxygen atoms in total. The molecule has 7 heteroatoms. The Morgan fingerprint density at radius 1 is 1.00 bits per heavy atom. The summed E-state index contributed by atoms with van der Waals surface area (Å²) in [4.78, 5) is 38.8. The lowest BCUT2D eigenvalue weighted by molar-refractivity contribution is -0.138. The van der Waals surface area contributed by atoms with Crippen LogP contribution in [0.15, 0.2) is 54.6 Å². The number of carboxylic acids is 1. The molecule has 2 N–H and O–H groups in total. The predicted molar refractivity (Wildman–Crippen MR) is 130 cm³/mol. The summed E-state index contributed by atoms with van der Waals surface area (Å²) in [7, 11) is 0. The number of hydrogen-bond donors (Lipinski definition) is 2. The third-order valence-corrected chi connectivity index (χ3v) is 6.51. The highest BCUT2D eigenvalue weighted by molar-refractivity contribution is 7.99. The van der Waals surface area contributed by atoms with E-state index in [1.165, 1.54) is 11.8 Å². The number of benzene rings is 2. The molecule has 0 saturated heterocycles. The topological polar surface area (TPSA) is 86.7 Å². The van der Waals surface area contributed by atoms with Gasteiger partial charge in [0.15, 0.2) is 0 Å². The molecule has 2 rings (SSSR count). The summed E-state index contributed by atoms with van der Waals surface area (Å²) >= 11 is 1.49. The number of urea groups is 1. The Bertz CT molecular complexity index is 904. The second kappa shape index (κ2) is 12.9. The molecular weight excluding hydrogens is 424 g/mol. The number of carbonyl (C=O) groups is 3. The van der Waals surface area contributed by atoms with E-state index in [1.807, 2.05) is 43.3 Å². The zero-order valence-electron chi connectivity index (χ0n) is 18.9. The van der Waals surface area contributed by atoms with Crippen LogP contribution in [0.1, 0.15) is 44.0 Å². The number of aliphatic carboxylic acids is 1. The molecule has 0 bridgehead atoms. The van der Waals surface area contributed by atoms with Crippen LogP contribution in [0.5, 0.6) is 0 Å². The third-order valence-electron chi connectivity index (χ3n) is 5.13. The molecule has 0 saturated carbocycles. The second-order valence-electron chi connectivity index (χ2n) is 7.79. The lowest BCUT2D eigenvalue weighted by Crippen LogP contribution is -2.51. The quantitative estimate of drug-likeness (QED) is 0.488. The van der Waals surface area contributed by atoms with Gasteiger partial charge in [0, 0.05) is 17.9 Å². The maximum absolute atomic E-state index is 13.2. The molecular formula is C25H32N2O4S. The minimum atomic E-state index is -1.11. The van der Waals surface area contributed by atoms with E-state index in [9.17, 15) is 19.5 Å².